The lowest BCUT2D eigenvalue weighted by Crippen LogP contribution is -2.53. The van der Waals surface area contributed by atoms with E-state index in [0.29, 0.717) is 13.0 Å². The van der Waals surface area contributed by atoms with E-state index in [0.717, 1.165) is 56.1 Å². The van der Waals surface area contributed by atoms with Crippen LogP contribution in [0.4, 0.5) is 35.0 Å². The zero-order chi connectivity index (χ0) is 24.3. The van der Waals surface area contributed by atoms with Gasteiger partial charge in [-0.15, -0.1) is 0 Å². The van der Waals surface area contributed by atoms with Gasteiger partial charge >= 0.3 is 12.2 Å². The van der Waals surface area contributed by atoms with Gasteiger partial charge in [0.15, 0.2) is 0 Å². The molecule has 2 aliphatic heterocycles. The molecule has 2 N–H and O–H groups in total. The van der Waals surface area contributed by atoms with Gasteiger partial charge in [0.25, 0.3) is 0 Å². The molecular formula is C24H28F3N5O2. The highest BCUT2D eigenvalue weighted by Crippen LogP contribution is 2.30. The van der Waals surface area contributed by atoms with Crippen molar-refractivity contribution in [1.82, 2.24) is 10.2 Å². The minimum Gasteiger partial charge on any atom is -0.369 e. The summed E-state index contributed by atoms with van der Waals surface area (Å²) in [7, 11) is 2.11. The number of carbonyl (C=O) groups excluding carboxylic acids is 2. The van der Waals surface area contributed by atoms with Crippen molar-refractivity contribution in [2.24, 2.45) is 0 Å². The lowest BCUT2D eigenvalue weighted by Gasteiger charge is -2.35. The molecule has 4 rings (SSSR count). The van der Waals surface area contributed by atoms with Gasteiger partial charge in [0.1, 0.15) is 6.04 Å². The number of piperidine rings is 1. The molecule has 0 aliphatic carbocycles. The number of benzene rings is 2. The van der Waals surface area contributed by atoms with Crippen molar-refractivity contribution in [1.29, 1.82) is 0 Å². The van der Waals surface area contributed by atoms with E-state index in [1.165, 1.54) is 12.1 Å². The summed E-state index contributed by atoms with van der Waals surface area (Å²) < 4.78 is 38.1. The molecule has 2 aromatic carbocycles. The van der Waals surface area contributed by atoms with Crippen LogP contribution in [0, 0.1) is 0 Å². The van der Waals surface area contributed by atoms with E-state index in [2.05, 4.69) is 27.5 Å². The summed E-state index contributed by atoms with van der Waals surface area (Å²) in [6, 6.07) is 10.7. The lowest BCUT2D eigenvalue weighted by molar-refractivity contribution is -0.137. The predicted octanol–water partition coefficient (Wildman–Crippen LogP) is 3.77. The topological polar surface area (TPSA) is 67.9 Å². The number of nitrogens with one attached hydrogen (secondary N) is 2. The number of rotatable bonds is 4. The third kappa shape index (κ3) is 5.61. The van der Waals surface area contributed by atoms with E-state index >= 15 is 0 Å². The van der Waals surface area contributed by atoms with Crippen LogP contribution in [-0.2, 0) is 11.0 Å². The first-order chi connectivity index (χ1) is 16.2. The van der Waals surface area contributed by atoms with Crippen molar-refractivity contribution in [2.75, 3.05) is 54.9 Å². The molecule has 0 radical (unpaired) electrons. The highest BCUT2D eigenvalue weighted by atomic mass is 19.4. The molecule has 2 aliphatic rings. The van der Waals surface area contributed by atoms with Gasteiger partial charge in [-0.05, 0) is 68.4 Å². The summed E-state index contributed by atoms with van der Waals surface area (Å²) in [4.78, 5) is 31.7. The number of amides is 3. The monoisotopic (exact) mass is 475 g/mol. The molecule has 34 heavy (non-hydrogen) atoms. The Kier molecular flexibility index (Phi) is 6.97. The second kappa shape index (κ2) is 9.92. The van der Waals surface area contributed by atoms with E-state index in [9.17, 15) is 22.8 Å². The highest BCUT2D eigenvalue weighted by molar-refractivity contribution is 6.01. The van der Waals surface area contributed by atoms with Gasteiger partial charge in [0.05, 0.1) is 5.56 Å². The lowest BCUT2D eigenvalue weighted by atomic mass is 10.0. The van der Waals surface area contributed by atoms with Gasteiger partial charge in [0.2, 0.25) is 5.91 Å². The number of halogens is 3. The van der Waals surface area contributed by atoms with Crippen molar-refractivity contribution in [3.63, 3.8) is 0 Å². The third-order valence-electron chi connectivity index (χ3n) is 6.24. The minimum absolute atomic E-state index is 0.207. The number of carbonyl (C=O) groups is 2. The normalized spacial score (nSPS) is 19.8. The number of hydrogen-bond donors (Lipinski definition) is 2. The zero-order valence-corrected chi connectivity index (χ0v) is 18.9. The minimum atomic E-state index is -4.44. The molecule has 0 spiro atoms. The third-order valence-corrected chi connectivity index (χ3v) is 6.24. The van der Waals surface area contributed by atoms with Crippen LogP contribution in [0.15, 0.2) is 48.5 Å². The molecule has 2 saturated heterocycles. The van der Waals surface area contributed by atoms with Crippen molar-refractivity contribution >= 4 is 29.0 Å². The fourth-order valence-corrected chi connectivity index (χ4v) is 4.24. The molecule has 7 nitrogen and oxygen atoms in total. The first-order valence-corrected chi connectivity index (χ1v) is 11.3. The Balaban J connectivity index is 1.35. The number of nitrogens with zero attached hydrogens (tertiary/aromatic N) is 3. The van der Waals surface area contributed by atoms with Gasteiger partial charge in [0, 0.05) is 49.8 Å². The molecule has 1 unspecified atom stereocenters. The van der Waals surface area contributed by atoms with Crippen LogP contribution >= 0.6 is 0 Å². The van der Waals surface area contributed by atoms with E-state index in [1.807, 2.05) is 24.3 Å². The first kappa shape index (κ1) is 23.9. The Morgan fingerprint density at radius 3 is 2.15 bits per heavy atom. The van der Waals surface area contributed by atoms with Gasteiger partial charge < -0.3 is 25.3 Å². The Morgan fingerprint density at radius 2 is 1.53 bits per heavy atom. The van der Waals surface area contributed by atoms with Crippen LogP contribution in [0.2, 0.25) is 0 Å². The predicted molar refractivity (Wildman–Crippen MR) is 125 cm³/mol. The maximum absolute atomic E-state index is 13.0. The summed E-state index contributed by atoms with van der Waals surface area (Å²) in [5.41, 5.74) is 1.31. The van der Waals surface area contributed by atoms with Gasteiger partial charge in [-0.25, -0.2) is 4.79 Å². The Hall–Kier alpha value is -3.27. The molecule has 1 atom stereocenters. The van der Waals surface area contributed by atoms with Crippen LogP contribution in [-0.4, -0.2) is 62.7 Å². The summed E-state index contributed by atoms with van der Waals surface area (Å²) in [5, 5.41) is 5.15. The standard InChI is InChI=1S/C24H28F3N5O2/c1-30-13-15-31(16-14-30)19-8-10-20(11-9-19)32-12-2-3-21(22(32)33)29-23(34)28-18-6-4-17(5-7-18)24(25,26)27/h4-11,21H,2-3,12-16H2,1H3,(H2,28,29,34). The zero-order valence-electron chi connectivity index (χ0n) is 18.9. The fraction of sp³-hybridized carbons (Fsp3) is 0.417. The van der Waals surface area contributed by atoms with Gasteiger partial charge in [-0.3, -0.25) is 4.79 Å². The number of piperazine rings is 1. The Labute approximate surface area is 196 Å². The van der Waals surface area contributed by atoms with E-state index < -0.39 is 23.8 Å². The average molecular weight is 476 g/mol. The maximum Gasteiger partial charge on any atom is 0.416 e. The summed E-state index contributed by atoms with van der Waals surface area (Å²) in [6.07, 6.45) is -3.23. The molecule has 0 saturated carbocycles. The molecule has 2 fully saturated rings. The molecule has 0 aromatic heterocycles. The SMILES string of the molecule is CN1CCN(c2ccc(N3CCCC(NC(=O)Nc4ccc(C(F)(F)F)cc4)C3=O)cc2)CC1. The van der Waals surface area contributed by atoms with Crippen molar-refractivity contribution in [2.45, 2.75) is 25.1 Å². The van der Waals surface area contributed by atoms with Crippen LogP contribution in [0.25, 0.3) is 0 Å². The van der Waals surface area contributed by atoms with E-state index in [1.54, 1.807) is 4.90 Å². The Bertz CT molecular complexity index is 1000. The molecule has 10 heteroatoms. The average Bonchev–Trinajstić information content (AvgIpc) is 2.81. The Morgan fingerprint density at radius 1 is 0.912 bits per heavy atom. The molecule has 182 valence electrons. The number of anilines is 3. The van der Waals surface area contributed by atoms with E-state index in [4.69, 9.17) is 0 Å². The maximum atomic E-state index is 13.0. The van der Waals surface area contributed by atoms with Crippen LogP contribution in [0.1, 0.15) is 18.4 Å². The van der Waals surface area contributed by atoms with Crippen LogP contribution in [0.3, 0.4) is 0 Å². The van der Waals surface area contributed by atoms with Crippen LogP contribution in [0.5, 0.6) is 0 Å². The second-order valence-corrected chi connectivity index (χ2v) is 8.66. The largest absolute Gasteiger partial charge is 0.416 e. The molecule has 3 amide bonds. The van der Waals surface area contributed by atoms with Crippen molar-refractivity contribution < 1.29 is 22.8 Å². The number of urea groups is 1. The number of hydrogen-bond acceptors (Lipinski definition) is 4. The second-order valence-electron chi connectivity index (χ2n) is 8.66. The molecule has 2 aromatic rings. The number of likely N-dealkylation sites (N-methyl/N-ethyl adjacent to an activating group) is 1. The highest BCUT2D eigenvalue weighted by Gasteiger charge is 2.32. The summed E-state index contributed by atoms with van der Waals surface area (Å²) >= 11 is 0. The molecule has 0 bridgehead atoms. The van der Waals surface area contributed by atoms with Crippen molar-refractivity contribution in [3.8, 4) is 0 Å². The van der Waals surface area contributed by atoms with Gasteiger partial charge in [-0.1, -0.05) is 0 Å². The molecule has 2 heterocycles. The fourth-order valence-electron chi connectivity index (χ4n) is 4.24. The summed E-state index contributed by atoms with van der Waals surface area (Å²) in [5.74, 6) is -0.207. The van der Waals surface area contributed by atoms with Crippen LogP contribution < -0.4 is 20.4 Å². The van der Waals surface area contributed by atoms with E-state index in [-0.39, 0.29) is 11.6 Å². The molecular weight excluding hydrogens is 447 g/mol. The quantitative estimate of drug-likeness (QED) is 0.707. The number of alkyl halides is 3. The van der Waals surface area contributed by atoms with Gasteiger partial charge in [-0.2, -0.15) is 13.2 Å². The smallest absolute Gasteiger partial charge is 0.369 e. The summed E-state index contributed by atoms with van der Waals surface area (Å²) in [6.45, 7) is 4.49. The van der Waals surface area contributed by atoms with Crippen molar-refractivity contribution in [3.05, 3.63) is 54.1 Å². The first-order valence-electron chi connectivity index (χ1n) is 11.3.